The van der Waals surface area contributed by atoms with Gasteiger partial charge in [0.25, 0.3) is 0 Å². The second-order valence-corrected chi connectivity index (χ2v) is 6.49. The van der Waals surface area contributed by atoms with E-state index in [4.69, 9.17) is 4.74 Å². The van der Waals surface area contributed by atoms with E-state index in [1.54, 1.807) is 21.1 Å². The molecule has 0 aliphatic rings. The number of hydrogen-bond donors (Lipinski definition) is 4. The van der Waals surface area contributed by atoms with Gasteiger partial charge in [0.05, 0.1) is 24.5 Å². The Hall–Kier alpha value is -3.04. The van der Waals surface area contributed by atoms with Crippen molar-refractivity contribution in [1.82, 2.24) is 20.6 Å². The maximum Gasteiger partial charge on any atom is 0.236 e. The molecule has 9 heteroatoms. The van der Waals surface area contributed by atoms with Crippen LogP contribution in [0.5, 0.6) is 5.75 Å². The topological polar surface area (TPSA) is 131 Å². The average Bonchev–Trinajstić information content (AvgIpc) is 2.76. The van der Waals surface area contributed by atoms with E-state index in [9.17, 15) is 9.59 Å². The number of carbonyl (C=O) groups is 2. The van der Waals surface area contributed by atoms with Crippen LogP contribution in [-0.4, -0.2) is 56.0 Å². The minimum atomic E-state index is -0.243. The highest BCUT2D eigenvalue weighted by Gasteiger charge is 2.12. The van der Waals surface area contributed by atoms with Crippen molar-refractivity contribution in [2.75, 3.05) is 33.1 Å². The summed E-state index contributed by atoms with van der Waals surface area (Å²) in [5.74, 6) is 1.01. The molecule has 30 heavy (non-hydrogen) atoms. The van der Waals surface area contributed by atoms with Crippen molar-refractivity contribution >= 4 is 23.7 Å². The third-order valence-corrected chi connectivity index (χ3v) is 4.45. The van der Waals surface area contributed by atoms with Gasteiger partial charge in [-0.15, -0.1) is 0 Å². The van der Waals surface area contributed by atoms with Crippen LogP contribution in [0.1, 0.15) is 34.4 Å². The van der Waals surface area contributed by atoms with Crippen LogP contribution in [0.3, 0.4) is 0 Å². The van der Waals surface area contributed by atoms with Crippen molar-refractivity contribution < 1.29 is 14.3 Å². The van der Waals surface area contributed by atoms with Gasteiger partial charge in [0, 0.05) is 18.3 Å². The van der Waals surface area contributed by atoms with E-state index in [0.29, 0.717) is 36.5 Å². The molecule has 1 heterocycles. The van der Waals surface area contributed by atoms with E-state index < -0.39 is 0 Å². The summed E-state index contributed by atoms with van der Waals surface area (Å²) in [6.07, 6.45) is 1.31. The van der Waals surface area contributed by atoms with E-state index in [1.165, 1.54) is 7.05 Å². The number of likely N-dealkylation sites (N-methyl/N-ethyl adjacent to an activating group) is 1. The Morgan fingerprint density at radius 3 is 2.47 bits per heavy atom. The first kappa shape index (κ1) is 25.0. The summed E-state index contributed by atoms with van der Waals surface area (Å²) >= 11 is 0. The Morgan fingerprint density at radius 2 is 1.87 bits per heavy atom. The number of methoxy groups -OCH3 is 1. The summed E-state index contributed by atoms with van der Waals surface area (Å²) in [6.45, 7) is 5.96. The fourth-order valence-electron chi connectivity index (χ4n) is 2.54. The fraction of sp³-hybridized carbons (Fsp3) is 0.429. The molecule has 5 N–H and O–H groups in total. The van der Waals surface area contributed by atoms with E-state index in [2.05, 4.69) is 31.7 Å². The zero-order valence-corrected chi connectivity index (χ0v) is 18.5. The van der Waals surface area contributed by atoms with Crippen molar-refractivity contribution in [1.29, 1.82) is 0 Å². The highest BCUT2D eigenvalue weighted by atomic mass is 16.5. The Labute approximate surface area is 177 Å². The third kappa shape index (κ3) is 7.09. The van der Waals surface area contributed by atoms with Crippen molar-refractivity contribution in [3.8, 4) is 5.75 Å². The first-order valence-corrected chi connectivity index (χ1v) is 9.66. The van der Waals surface area contributed by atoms with Crippen molar-refractivity contribution in [2.24, 2.45) is 5.73 Å². The number of nitrogens with zero attached hydrogens (tertiary/aromatic N) is 2. The van der Waals surface area contributed by atoms with E-state index in [0.717, 1.165) is 16.9 Å². The molecule has 9 nitrogen and oxygen atoms in total. The van der Waals surface area contributed by atoms with Crippen LogP contribution in [0.2, 0.25) is 0 Å². The quantitative estimate of drug-likeness (QED) is 0.452. The standard InChI is InChI=1S/C20H27N5O3.CH5N/c1-12-13(2)24-19(18(11-26)23-12)25-16-8-15(9-17(10-16)28-5)6-7-22-20(27)14(3)21-4;1-2/h8-11,14,21H,6-7H2,1-5H3,(H,22,27)(H,24,25);2H2,1H3. The van der Waals surface area contributed by atoms with Crippen LogP contribution in [0.4, 0.5) is 11.5 Å². The molecule has 1 atom stereocenters. The molecule has 1 aromatic carbocycles. The van der Waals surface area contributed by atoms with Gasteiger partial charge in [0.2, 0.25) is 5.91 Å². The van der Waals surface area contributed by atoms with E-state index in [1.807, 2.05) is 32.0 Å². The van der Waals surface area contributed by atoms with Gasteiger partial charge in [0.1, 0.15) is 11.4 Å². The van der Waals surface area contributed by atoms with Crippen LogP contribution in [0.25, 0.3) is 0 Å². The molecular formula is C21H32N6O3. The van der Waals surface area contributed by atoms with Gasteiger partial charge in [-0.1, -0.05) is 0 Å². The van der Waals surface area contributed by atoms with Gasteiger partial charge in [-0.2, -0.15) is 0 Å². The normalized spacial score (nSPS) is 11.0. The maximum absolute atomic E-state index is 11.9. The van der Waals surface area contributed by atoms with E-state index >= 15 is 0 Å². The van der Waals surface area contributed by atoms with Crippen molar-refractivity contribution in [3.63, 3.8) is 0 Å². The molecule has 0 aliphatic carbocycles. The molecule has 2 rings (SSSR count). The summed E-state index contributed by atoms with van der Waals surface area (Å²) in [5, 5.41) is 8.94. The zero-order chi connectivity index (χ0) is 22.7. The number of amides is 1. The molecule has 0 saturated heterocycles. The summed E-state index contributed by atoms with van der Waals surface area (Å²) in [6, 6.07) is 5.41. The predicted molar refractivity (Wildman–Crippen MR) is 119 cm³/mol. The molecule has 1 amide bonds. The lowest BCUT2D eigenvalue weighted by atomic mass is 10.1. The van der Waals surface area contributed by atoms with Crippen LogP contribution in [-0.2, 0) is 11.2 Å². The molecule has 0 fully saturated rings. The number of aldehydes is 1. The molecule has 1 unspecified atom stereocenters. The minimum Gasteiger partial charge on any atom is -0.497 e. The predicted octanol–water partition coefficient (Wildman–Crippen LogP) is 1.50. The van der Waals surface area contributed by atoms with Crippen LogP contribution < -0.4 is 26.4 Å². The number of aryl methyl sites for hydroxylation is 2. The van der Waals surface area contributed by atoms with Crippen molar-refractivity contribution in [3.05, 3.63) is 40.8 Å². The molecule has 0 bridgehead atoms. The first-order valence-electron chi connectivity index (χ1n) is 9.66. The molecule has 164 valence electrons. The molecule has 0 radical (unpaired) electrons. The average molecular weight is 417 g/mol. The Kier molecular flexibility index (Phi) is 10.4. The summed E-state index contributed by atoms with van der Waals surface area (Å²) in [7, 11) is 4.83. The number of rotatable bonds is 9. The molecule has 0 spiro atoms. The van der Waals surface area contributed by atoms with E-state index in [-0.39, 0.29) is 17.6 Å². The molecule has 0 aliphatic heterocycles. The Balaban J connectivity index is 0.00000218. The fourth-order valence-corrected chi connectivity index (χ4v) is 2.54. The number of nitrogens with one attached hydrogen (secondary N) is 3. The molecule has 0 saturated carbocycles. The molecular weight excluding hydrogens is 384 g/mol. The second kappa shape index (κ2) is 12.5. The molecule has 1 aromatic heterocycles. The lowest BCUT2D eigenvalue weighted by Crippen LogP contribution is -2.41. The zero-order valence-electron chi connectivity index (χ0n) is 18.5. The maximum atomic E-state index is 11.9. The minimum absolute atomic E-state index is 0.0511. The number of hydrogen-bond acceptors (Lipinski definition) is 8. The van der Waals surface area contributed by atoms with Gasteiger partial charge in [-0.25, -0.2) is 9.97 Å². The number of ether oxygens (including phenoxy) is 1. The summed E-state index contributed by atoms with van der Waals surface area (Å²) in [4.78, 5) is 31.9. The van der Waals surface area contributed by atoms with Gasteiger partial charge in [-0.05, 0) is 59.0 Å². The number of aromatic nitrogens is 2. The molecule has 2 aromatic rings. The lowest BCUT2D eigenvalue weighted by molar-refractivity contribution is -0.122. The van der Waals surface area contributed by atoms with Gasteiger partial charge in [-0.3, -0.25) is 9.59 Å². The number of anilines is 2. The third-order valence-electron chi connectivity index (χ3n) is 4.45. The lowest BCUT2D eigenvalue weighted by Gasteiger charge is -2.14. The summed E-state index contributed by atoms with van der Waals surface area (Å²) in [5.41, 5.74) is 7.91. The van der Waals surface area contributed by atoms with Gasteiger partial charge < -0.3 is 26.4 Å². The number of nitrogens with two attached hydrogens (primary N) is 1. The smallest absolute Gasteiger partial charge is 0.236 e. The Morgan fingerprint density at radius 1 is 1.20 bits per heavy atom. The highest BCUT2D eigenvalue weighted by Crippen LogP contribution is 2.25. The Bertz CT molecular complexity index is 857. The van der Waals surface area contributed by atoms with Crippen molar-refractivity contribution in [2.45, 2.75) is 33.2 Å². The number of carbonyl (C=O) groups excluding carboxylic acids is 2. The van der Waals surface area contributed by atoms with Gasteiger partial charge >= 0.3 is 0 Å². The largest absolute Gasteiger partial charge is 0.497 e. The second-order valence-electron chi connectivity index (χ2n) is 6.49. The highest BCUT2D eigenvalue weighted by molar-refractivity contribution is 5.82. The number of benzene rings is 1. The SMILES string of the molecule is CN.CNC(C)C(=O)NCCc1cc(Nc2nc(C)c(C)nc2C=O)cc(OC)c1. The van der Waals surface area contributed by atoms with Crippen LogP contribution in [0, 0.1) is 13.8 Å². The van der Waals surface area contributed by atoms with Gasteiger partial charge in [0.15, 0.2) is 12.1 Å². The van der Waals surface area contributed by atoms with Crippen LogP contribution >= 0.6 is 0 Å². The summed E-state index contributed by atoms with van der Waals surface area (Å²) < 4.78 is 5.37. The monoisotopic (exact) mass is 416 g/mol. The first-order chi connectivity index (χ1) is 14.4. The van der Waals surface area contributed by atoms with Crippen LogP contribution in [0.15, 0.2) is 18.2 Å².